The summed E-state index contributed by atoms with van der Waals surface area (Å²) >= 11 is 3.40. The predicted molar refractivity (Wildman–Crippen MR) is 117 cm³/mol. The van der Waals surface area contributed by atoms with Crippen molar-refractivity contribution in [2.24, 2.45) is 0 Å². The van der Waals surface area contributed by atoms with Crippen LogP contribution in [0.1, 0.15) is 15.9 Å². The maximum atomic E-state index is 13.1. The number of nitrogens with zero attached hydrogens (tertiary/aromatic N) is 3. The van der Waals surface area contributed by atoms with Gasteiger partial charge in [0.15, 0.2) is 0 Å². The van der Waals surface area contributed by atoms with E-state index in [-0.39, 0.29) is 18.3 Å². The van der Waals surface area contributed by atoms with Crippen LogP contribution in [0.15, 0.2) is 71.3 Å². The summed E-state index contributed by atoms with van der Waals surface area (Å²) in [7, 11) is 0. The summed E-state index contributed by atoms with van der Waals surface area (Å²) in [4.78, 5) is 21.6. The minimum atomic E-state index is -0.285. The summed E-state index contributed by atoms with van der Waals surface area (Å²) in [5, 5.41) is 0. The highest BCUT2D eigenvalue weighted by atomic mass is 79.9. The minimum absolute atomic E-state index is 0.0480. The quantitative estimate of drug-likeness (QED) is 0.550. The second-order valence-corrected chi connectivity index (χ2v) is 7.94. The van der Waals surface area contributed by atoms with Gasteiger partial charge in [0.2, 0.25) is 0 Å². The third-order valence-electron chi connectivity index (χ3n) is 5.03. The summed E-state index contributed by atoms with van der Waals surface area (Å²) in [6.07, 6.45) is 1.78. The smallest absolute Gasteiger partial charge is 0.257 e. The Balaban J connectivity index is 1.40. The molecule has 1 aromatic heterocycles. The van der Waals surface area contributed by atoms with Crippen LogP contribution in [0.4, 0.5) is 10.2 Å². The Morgan fingerprint density at radius 2 is 1.73 bits per heavy atom. The first-order valence-electron chi connectivity index (χ1n) is 9.72. The number of pyridine rings is 1. The highest BCUT2D eigenvalue weighted by Gasteiger charge is 2.24. The molecule has 154 valence electrons. The van der Waals surface area contributed by atoms with Gasteiger partial charge in [0.25, 0.3) is 5.91 Å². The Morgan fingerprint density at radius 1 is 1.00 bits per heavy atom. The fourth-order valence-electron chi connectivity index (χ4n) is 3.37. The number of para-hydroxylation sites is 1. The fourth-order valence-corrected chi connectivity index (χ4v) is 3.61. The number of ether oxygens (including phenoxy) is 1. The van der Waals surface area contributed by atoms with Gasteiger partial charge in [-0.25, -0.2) is 9.37 Å². The van der Waals surface area contributed by atoms with Gasteiger partial charge in [-0.05, 0) is 57.9 Å². The number of aromatic nitrogens is 1. The van der Waals surface area contributed by atoms with E-state index in [4.69, 9.17) is 4.74 Å². The first kappa shape index (κ1) is 20.3. The summed E-state index contributed by atoms with van der Waals surface area (Å²) in [6, 6.07) is 17.3. The molecule has 0 unspecified atom stereocenters. The van der Waals surface area contributed by atoms with Crippen LogP contribution in [0.5, 0.6) is 5.75 Å². The van der Waals surface area contributed by atoms with Crippen molar-refractivity contribution in [2.45, 2.75) is 6.61 Å². The number of anilines is 1. The summed E-state index contributed by atoms with van der Waals surface area (Å²) in [5.41, 5.74) is 1.38. The first-order valence-corrected chi connectivity index (χ1v) is 10.5. The van der Waals surface area contributed by atoms with Crippen LogP contribution in [0.3, 0.4) is 0 Å². The molecular weight excluding hydrogens is 449 g/mol. The zero-order chi connectivity index (χ0) is 20.9. The first-order chi connectivity index (χ1) is 14.6. The van der Waals surface area contributed by atoms with Crippen molar-refractivity contribution < 1.29 is 13.9 Å². The van der Waals surface area contributed by atoms with Crippen molar-refractivity contribution in [3.8, 4) is 5.75 Å². The summed E-state index contributed by atoms with van der Waals surface area (Å²) < 4.78 is 19.9. The van der Waals surface area contributed by atoms with E-state index in [0.29, 0.717) is 24.4 Å². The molecule has 1 aliphatic rings. The highest BCUT2D eigenvalue weighted by molar-refractivity contribution is 9.10. The molecule has 0 spiro atoms. The van der Waals surface area contributed by atoms with Gasteiger partial charge >= 0.3 is 0 Å². The van der Waals surface area contributed by atoms with E-state index in [1.54, 1.807) is 30.5 Å². The lowest BCUT2D eigenvalue weighted by Crippen LogP contribution is -2.49. The SMILES string of the molecule is O=C(c1ccccc1OCc1ccc(F)cc1)N1CCN(c2ccc(Br)cn2)CC1. The van der Waals surface area contributed by atoms with Crippen LogP contribution < -0.4 is 9.64 Å². The van der Waals surface area contributed by atoms with Crippen molar-refractivity contribution in [1.29, 1.82) is 0 Å². The van der Waals surface area contributed by atoms with Crippen LogP contribution in [-0.4, -0.2) is 42.0 Å². The summed E-state index contributed by atoms with van der Waals surface area (Å²) in [5.74, 6) is 1.11. The van der Waals surface area contributed by atoms with Crippen molar-refractivity contribution >= 4 is 27.7 Å². The van der Waals surface area contributed by atoms with Gasteiger partial charge in [-0.15, -0.1) is 0 Å². The second-order valence-electron chi connectivity index (χ2n) is 7.03. The van der Waals surface area contributed by atoms with Crippen molar-refractivity contribution in [3.05, 3.63) is 88.3 Å². The Kier molecular flexibility index (Phi) is 6.28. The molecule has 0 N–H and O–H groups in total. The van der Waals surface area contributed by atoms with E-state index < -0.39 is 0 Å². The van der Waals surface area contributed by atoms with Crippen LogP contribution in [-0.2, 0) is 6.61 Å². The lowest BCUT2D eigenvalue weighted by atomic mass is 10.1. The zero-order valence-electron chi connectivity index (χ0n) is 16.3. The number of halogens is 2. The summed E-state index contributed by atoms with van der Waals surface area (Å²) in [6.45, 7) is 2.94. The molecule has 3 aromatic rings. The van der Waals surface area contributed by atoms with E-state index in [2.05, 4.69) is 25.8 Å². The molecule has 2 heterocycles. The van der Waals surface area contributed by atoms with Crippen molar-refractivity contribution in [3.63, 3.8) is 0 Å². The van der Waals surface area contributed by atoms with Gasteiger partial charge < -0.3 is 14.5 Å². The number of carbonyl (C=O) groups excluding carboxylic acids is 1. The van der Waals surface area contributed by atoms with Crippen molar-refractivity contribution in [2.75, 3.05) is 31.1 Å². The Labute approximate surface area is 183 Å². The zero-order valence-corrected chi connectivity index (χ0v) is 17.9. The fraction of sp³-hybridized carbons (Fsp3) is 0.217. The molecule has 1 saturated heterocycles. The number of hydrogen-bond donors (Lipinski definition) is 0. The molecule has 5 nitrogen and oxygen atoms in total. The lowest BCUT2D eigenvalue weighted by molar-refractivity contribution is 0.0741. The van der Waals surface area contributed by atoms with Crippen LogP contribution >= 0.6 is 15.9 Å². The third kappa shape index (κ3) is 4.79. The average Bonchev–Trinajstić information content (AvgIpc) is 2.79. The largest absolute Gasteiger partial charge is 0.488 e. The molecular formula is C23H21BrFN3O2. The van der Waals surface area contributed by atoms with Crippen LogP contribution in [0.25, 0.3) is 0 Å². The van der Waals surface area contributed by atoms with Gasteiger partial charge in [-0.3, -0.25) is 4.79 Å². The Morgan fingerprint density at radius 3 is 2.43 bits per heavy atom. The minimum Gasteiger partial charge on any atom is -0.488 e. The molecule has 2 aromatic carbocycles. The Bertz CT molecular complexity index is 1000. The normalized spacial score (nSPS) is 13.9. The molecule has 0 atom stereocenters. The third-order valence-corrected chi connectivity index (χ3v) is 5.50. The molecule has 7 heteroatoms. The van der Waals surface area contributed by atoms with Gasteiger partial charge in [-0.1, -0.05) is 24.3 Å². The number of carbonyl (C=O) groups is 1. The molecule has 0 bridgehead atoms. The van der Waals surface area contributed by atoms with Crippen molar-refractivity contribution in [1.82, 2.24) is 9.88 Å². The molecule has 1 amide bonds. The molecule has 0 saturated carbocycles. The molecule has 4 rings (SSSR count). The lowest BCUT2D eigenvalue weighted by Gasteiger charge is -2.35. The van der Waals surface area contributed by atoms with E-state index in [1.165, 1.54) is 12.1 Å². The number of piperazine rings is 1. The Hall–Kier alpha value is -2.93. The van der Waals surface area contributed by atoms with E-state index >= 15 is 0 Å². The highest BCUT2D eigenvalue weighted by Crippen LogP contribution is 2.23. The maximum absolute atomic E-state index is 13.1. The van der Waals surface area contributed by atoms with Gasteiger partial charge in [-0.2, -0.15) is 0 Å². The maximum Gasteiger partial charge on any atom is 0.257 e. The monoisotopic (exact) mass is 469 g/mol. The number of hydrogen-bond acceptors (Lipinski definition) is 4. The molecule has 0 aliphatic carbocycles. The predicted octanol–water partition coefficient (Wildman–Crippen LogP) is 4.52. The standard InChI is InChI=1S/C23H21BrFN3O2/c24-18-7-10-22(26-15-18)27-11-13-28(14-12-27)23(29)20-3-1-2-4-21(20)30-16-17-5-8-19(25)9-6-17/h1-10,15H,11-14,16H2. The molecule has 1 fully saturated rings. The number of rotatable bonds is 5. The topological polar surface area (TPSA) is 45.7 Å². The van der Waals surface area contributed by atoms with Crippen LogP contribution in [0, 0.1) is 5.82 Å². The van der Waals surface area contributed by atoms with Gasteiger partial charge in [0.05, 0.1) is 5.56 Å². The van der Waals surface area contributed by atoms with Crippen LogP contribution in [0.2, 0.25) is 0 Å². The van der Waals surface area contributed by atoms with E-state index in [0.717, 1.165) is 28.9 Å². The van der Waals surface area contributed by atoms with Gasteiger partial charge in [0.1, 0.15) is 24.0 Å². The molecule has 1 aliphatic heterocycles. The van der Waals surface area contributed by atoms with E-state index in [9.17, 15) is 9.18 Å². The average molecular weight is 470 g/mol. The molecule has 0 radical (unpaired) electrons. The number of benzene rings is 2. The van der Waals surface area contributed by atoms with E-state index in [1.807, 2.05) is 29.2 Å². The number of amides is 1. The molecule has 30 heavy (non-hydrogen) atoms. The second kappa shape index (κ2) is 9.26. The van der Waals surface area contributed by atoms with Gasteiger partial charge in [0, 0.05) is 36.8 Å².